The third kappa shape index (κ3) is 2.80. The molecular weight excluding hydrogens is 377 g/mol. The van der Waals surface area contributed by atoms with E-state index in [1.165, 1.54) is 6.42 Å². The molecule has 3 fully saturated rings. The van der Waals surface area contributed by atoms with Crippen molar-refractivity contribution in [2.45, 2.75) is 76.0 Å². The molecule has 2 aliphatic heterocycles. The van der Waals surface area contributed by atoms with E-state index in [9.17, 15) is 4.79 Å². The standard InChI is InChI=1S/C17H30NO2.HI/c1-13-12-18(3,4)14(2)10-17(13)11-15(19)16(20-17)8-6-5-7-9-16;/h13-14H,5-12H2,1-4H3;1H/q+1;/p-1. The molecule has 0 aromatic carbocycles. The van der Waals surface area contributed by atoms with Crippen molar-refractivity contribution in [3.05, 3.63) is 0 Å². The van der Waals surface area contributed by atoms with Gasteiger partial charge in [-0.25, -0.2) is 0 Å². The van der Waals surface area contributed by atoms with Crippen molar-refractivity contribution in [2.24, 2.45) is 5.92 Å². The van der Waals surface area contributed by atoms with Gasteiger partial charge in [0, 0.05) is 18.8 Å². The molecule has 0 aromatic heterocycles. The molecule has 3 rings (SSSR count). The average molecular weight is 407 g/mol. The normalized spacial score (nSPS) is 41.2. The molecule has 0 aromatic rings. The summed E-state index contributed by atoms with van der Waals surface area (Å²) >= 11 is 0. The number of piperidine rings is 1. The Bertz CT molecular complexity index is 417. The van der Waals surface area contributed by atoms with E-state index in [1.807, 2.05) is 0 Å². The number of hydrogen-bond donors (Lipinski definition) is 0. The van der Waals surface area contributed by atoms with Gasteiger partial charge < -0.3 is 33.2 Å². The van der Waals surface area contributed by atoms with Crippen molar-refractivity contribution >= 4 is 5.78 Å². The van der Waals surface area contributed by atoms with Crippen LogP contribution in [-0.4, -0.2) is 48.2 Å². The van der Waals surface area contributed by atoms with E-state index >= 15 is 0 Å². The number of rotatable bonds is 0. The maximum absolute atomic E-state index is 12.7. The van der Waals surface area contributed by atoms with Gasteiger partial charge >= 0.3 is 0 Å². The first-order valence-corrected chi connectivity index (χ1v) is 8.36. The third-order valence-electron chi connectivity index (χ3n) is 6.50. The van der Waals surface area contributed by atoms with Crippen molar-refractivity contribution in [1.29, 1.82) is 0 Å². The highest BCUT2D eigenvalue weighted by Crippen LogP contribution is 2.51. The second-order valence-electron chi connectivity index (χ2n) is 8.24. The van der Waals surface area contributed by atoms with E-state index < -0.39 is 5.60 Å². The molecule has 3 atom stereocenters. The van der Waals surface area contributed by atoms with Crippen LogP contribution in [0.2, 0.25) is 0 Å². The monoisotopic (exact) mass is 407 g/mol. The number of carbonyl (C=O) groups is 1. The Hall–Kier alpha value is 0.320. The molecule has 122 valence electrons. The predicted octanol–water partition coefficient (Wildman–Crippen LogP) is -0.0738. The van der Waals surface area contributed by atoms with E-state index in [0.29, 0.717) is 24.2 Å². The fourth-order valence-electron chi connectivity index (χ4n) is 4.81. The summed E-state index contributed by atoms with van der Waals surface area (Å²) in [5, 5.41) is 0. The minimum atomic E-state index is -0.402. The second kappa shape index (κ2) is 5.75. The summed E-state index contributed by atoms with van der Waals surface area (Å²) in [6.45, 7) is 5.72. The maximum Gasteiger partial charge on any atom is 0.167 e. The first-order valence-electron chi connectivity index (χ1n) is 8.36. The van der Waals surface area contributed by atoms with Gasteiger partial charge in [-0.2, -0.15) is 0 Å². The number of hydrogen-bond acceptors (Lipinski definition) is 2. The average Bonchev–Trinajstić information content (AvgIpc) is 2.62. The molecule has 3 aliphatic rings. The molecule has 2 heterocycles. The van der Waals surface area contributed by atoms with E-state index in [2.05, 4.69) is 27.9 Å². The fourth-order valence-corrected chi connectivity index (χ4v) is 4.81. The molecule has 2 saturated heterocycles. The van der Waals surface area contributed by atoms with Gasteiger partial charge in [-0.3, -0.25) is 4.79 Å². The van der Waals surface area contributed by atoms with Gasteiger partial charge in [0.05, 0.1) is 32.3 Å². The Kier molecular flexibility index (Phi) is 4.84. The third-order valence-corrected chi connectivity index (χ3v) is 6.50. The van der Waals surface area contributed by atoms with Crippen LogP contribution < -0.4 is 24.0 Å². The van der Waals surface area contributed by atoms with Crippen LogP contribution in [-0.2, 0) is 9.53 Å². The molecule has 0 N–H and O–H groups in total. The molecule has 0 bridgehead atoms. The lowest BCUT2D eigenvalue weighted by atomic mass is 9.75. The molecule has 3 nitrogen and oxygen atoms in total. The van der Waals surface area contributed by atoms with E-state index in [1.54, 1.807) is 0 Å². The van der Waals surface area contributed by atoms with Crippen molar-refractivity contribution in [3.63, 3.8) is 0 Å². The van der Waals surface area contributed by atoms with Gasteiger partial charge in [0.1, 0.15) is 5.60 Å². The largest absolute Gasteiger partial charge is 1.00 e. The lowest BCUT2D eigenvalue weighted by molar-refractivity contribution is -0.924. The highest BCUT2D eigenvalue weighted by Gasteiger charge is 2.61. The molecule has 4 heteroatoms. The Morgan fingerprint density at radius 1 is 1.14 bits per heavy atom. The van der Waals surface area contributed by atoms with E-state index in [0.717, 1.165) is 43.1 Å². The number of halogens is 1. The molecular formula is C17H30INO2. The Morgan fingerprint density at radius 3 is 2.38 bits per heavy atom. The highest BCUT2D eigenvalue weighted by atomic mass is 127. The van der Waals surface area contributed by atoms with Crippen LogP contribution in [0, 0.1) is 5.92 Å². The summed E-state index contributed by atoms with van der Waals surface area (Å²) in [5.74, 6) is 0.877. The zero-order valence-corrected chi connectivity index (χ0v) is 16.1. The number of quaternary nitrogens is 1. The van der Waals surface area contributed by atoms with Crippen molar-refractivity contribution < 1.29 is 38.0 Å². The smallest absolute Gasteiger partial charge is 0.167 e. The van der Waals surface area contributed by atoms with Crippen LogP contribution in [0.15, 0.2) is 0 Å². The second-order valence-corrected chi connectivity index (χ2v) is 8.24. The first-order chi connectivity index (χ1) is 9.30. The maximum atomic E-state index is 12.7. The Morgan fingerprint density at radius 2 is 1.76 bits per heavy atom. The molecule has 0 amide bonds. The van der Waals surface area contributed by atoms with Crippen LogP contribution in [0.4, 0.5) is 0 Å². The van der Waals surface area contributed by atoms with Gasteiger partial charge in [0.15, 0.2) is 5.78 Å². The fraction of sp³-hybridized carbons (Fsp3) is 0.941. The summed E-state index contributed by atoms with van der Waals surface area (Å²) in [7, 11) is 4.61. The molecule has 0 radical (unpaired) electrons. The number of likely N-dealkylation sites (tertiary alicyclic amines) is 1. The van der Waals surface area contributed by atoms with Crippen LogP contribution >= 0.6 is 0 Å². The first kappa shape index (κ1) is 17.7. The topological polar surface area (TPSA) is 26.3 Å². The van der Waals surface area contributed by atoms with Crippen molar-refractivity contribution in [3.8, 4) is 0 Å². The number of ether oxygens (including phenoxy) is 1. The summed E-state index contributed by atoms with van der Waals surface area (Å²) in [5.41, 5.74) is -0.567. The Labute approximate surface area is 146 Å². The van der Waals surface area contributed by atoms with Crippen LogP contribution in [0.3, 0.4) is 0 Å². The van der Waals surface area contributed by atoms with Gasteiger partial charge in [-0.15, -0.1) is 0 Å². The zero-order chi connectivity index (χ0) is 14.6. The van der Waals surface area contributed by atoms with E-state index in [4.69, 9.17) is 4.74 Å². The minimum Gasteiger partial charge on any atom is -1.00 e. The lowest BCUT2D eigenvalue weighted by Gasteiger charge is -2.51. The number of carbonyl (C=O) groups excluding carboxylic acids is 1. The van der Waals surface area contributed by atoms with E-state index in [-0.39, 0.29) is 29.6 Å². The molecule has 21 heavy (non-hydrogen) atoms. The van der Waals surface area contributed by atoms with Gasteiger partial charge in [-0.1, -0.05) is 26.2 Å². The number of Topliss-reactive ketones (excluding diaryl/α,β-unsaturated/α-hetero) is 1. The zero-order valence-electron chi connectivity index (χ0n) is 14.0. The minimum absolute atomic E-state index is 0. The summed E-state index contributed by atoms with van der Waals surface area (Å²) in [6, 6.07) is 0.567. The van der Waals surface area contributed by atoms with Crippen LogP contribution in [0.1, 0.15) is 58.8 Å². The molecule has 1 saturated carbocycles. The van der Waals surface area contributed by atoms with Crippen LogP contribution in [0.5, 0.6) is 0 Å². The molecule has 2 spiro atoms. The quantitative estimate of drug-likeness (QED) is 0.415. The Balaban J connectivity index is 0.00000161. The van der Waals surface area contributed by atoms with Gasteiger partial charge in [0.2, 0.25) is 0 Å². The lowest BCUT2D eigenvalue weighted by Crippen LogP contribution is -3.00. The van der Waals surface area contributed by atoms with Crippen LogP contribution in [0.25, 0.3) is 0 Å². The SMILES string of the molecule is CC1C[N+](C)(C)C(C)CC12CC(=O)C1(CCCCC1)O2.[I-]. The summed E-state index contributed by atoms with van der Waals surface area (Å²) < 4.78 is 7.70. The highest BCUT2D eigenvalue weighted by molar-refractivity contribution is 5.90. The predicted molar refractivity (Wildman–Crippen MR) is 79.5 cm³/mol. The summed E-state index contributed by atoms with van der Waals surface area (Å²) in [4.78, 5) is 12.7. The number of nitrogens with zero attached hydrogens (tertiary/aromatic N) is 1. The van der Waals surface area contributed by atoms with Gasteiger partial charge in [-0.05, 0) is 19.8 Å². The van der Waals surface area contributed by atoms with Crippen molar-refractivity contribution in [2.75, 3.05) is 20.6 Å². The molecule has 1 aliphatic carbocycles. The van der Waals surface area contributed by atoms with Gasteiger partial charge in [0.25, 0.3) is 0 Å². The van der Waals surface area contributed by atoms with Crippen molar-refractivity contribution in [1.82, 2.24) is 0 Å². The molecule has 3 unspecified atom stereocenters. The summed E-state index contributed by atoms with van der Waals surface area (Å²) in [6.07, 6.45) is 7.22. The number of ketones is 1.